The highest BCUT2D eigenvalue weighted by atomic mass is 32.1. The van der Waals surface area contributed by atoms with Crippen molar-refractivity contribution >= 4 is 17.2 Å². The van der Waals surface area contributed by atoms with E-state index in [0.717, 1.165) is 12.1 Å². The maximum atomic E-state index is 5.68. The molecule has 108 valence electrons. The van der Waals surface area contributed by atoms with Crippen molar-refractivity contribution in [3.05, 3.63) is 11.3 Å². The number of aryl methyl sites for hydroxylation is 2. The number of hydrogen-bond donors (Lipinski definition) is 1. The number of nitrogens with zero attached hydrogens (tertiary/aromatic N) is 2. The number of rotatable bonds is 9. The summed E-state index contributed by atoms with van der Waals surface area (Å²) in [6.07, 6.45) is 0.782. The molecule has 2 N–H and O–H groups in total. The second-order valence-corrected chi connectivity index (χ2v) is 4.50. The fourth-order valence-corrected chi connectivity index (χ4v) is 1.90. The Kier molecular flexibility index (Phi) is 6.75. The fraction of sp³-hybridized carbons (Fsp3) is 0.667. The molecule has 0 aromatic carbocycles. The van der Waals surface area contributed by atoms with E-state index in [9.17, 15) is 0 Å². The molecule has 1 aromatic heterocycles. The van der Waals surface area contributed by atoms with Crippen molar-refractivity contribution in [1.29, 1.82) is 0 Å². The second-order valence-electron chi connectivity index (χ2n) is 4.06. The summed E-state index contributed by atoms with van der Waals surface area (Å²) in [5.41, 5.74) is 7.16. The fourth-order valence-electron chi connectivity index (χ4n) is 1.66. The van der Waals surface area contributed by atoms with Crippen LogP contribution in [0.5, 0.6) is 5.88 Å². The Bertz CT molecular complexity index is 421. The molecule has 0 unspecified atom stereocenters. The van der Waals surface area contributed by atoms with Crippen LogP contribution in [0.15, 0.2) is 0 Å². The summed E-state index contributed by atoms with van der Waals surface area (Å²) in [5, 5.41) is 4.25. The third-order valence-electron chi connectivity index (χ3n) is 2.52. The van der Waals surface area contributed by atoms with Gasteiger partial charge >= 0.3 is 0 Å². The van der Waals surface area contributed by atoms with Crippen LogP contribution in [0.4, 0.5) is 0 Å². The maximum Gasteiger partial charge on any atom is 0.222 e. The third-order valence-corrected chi connectivity index (χ3v) is 2.72. The number of hydrogen-bond acceptors (Lipinski definition) is 5. The first-order valence-corrected chi connectivity index (χ1v) is 6.51. The first-order valence-electron chi connectivity index (χ1n) is 6.10. The number of nitrogens with two attached hydrogens (primary N) is 1. The van der Waals surface area contributed by atoms with Gasteiger partial charge in [-0.05, 0) is 6.92 Å². The minimum absolute atomic E-state index is 0.303. The van der Waals surface area contributed by atoms with E-state index in [1.807, 2.05) is 6.92 Å². The van der Waals surface area contributed by atoms with E-state index in [2.05, 4.69) is 5.10 Å². The molecule has 0 atom stereocenters. The molecule has 1 heterocycles. The van der Waals surface area contributed by atoms with Gasteiger partial charge in [0, 0.05) is 27.2 Å². The molecule has 0 aliphatic heterocycles. The van der Waals surface area contributed by atoms with Crippen molar-refractivity contribution in [2.75, 3.05) is 33.5 Å². The predicted octanol–water partition coefficient (Wildman–Crippen LogP) is 0.795. The van der Waals surface area contributed by atoms with Crippen molar-refractivity contribution < 1.29 is 14.2 Å². The molecule has 1 rings (SSSR count). The van der Waals surface area contributed by atoms with Crippen molar-refractivity contribution in [2.45, 2.75) is 13.3 Å². The van der Waals surface area contributed by atoms with Gasteiger partial charge in [0.1, 0.15) is 4.99 Å². The molecule has 0 aliphatic rings. The summed E-state index contributed by atoms with van der Waals surface area (Å²) in [4.78, 5) is 0.303. The van der Waals surface area contributed by atoms with Gasteiger partial charge in [0.25, 0.3) is 0 Å². The lowest BCUT2D eigenvalue weighted by Crippen LogP contribution is -2.14. The van der Waals surface area contributed by atoms with Crippen LogP contribution in [0.25, 0.3) is 0 Å². The van der Waals surface area contributed by atoms with Gasteiger partial charge < -0.3 is 19.9 Å². The molecule has 0 aliphatic carbocycles. The van der Waals surface area contributed by atoms with Gasteiger partial charge in [0.05, 0.1) is 31.1 Å². The highest BCUT2D eigenvalue weighted by Crippen LogP contribution is 2.21. The highest BCUT2D eigenvalue weighted by molar-refractivity contribution is 7.80. The monoisotopic (exact) mass is 287 g/mol. The molecule has 7 heteroatoms. The first-order chi connectivity index (χ1) is 9.07. The number of methoxy groups -OCH3 is 1. The van der Waals surface area contributed by atoms with E-state index in [1.165, 1.54) is 0 Å². The zero-order chi connectivity index (χ0) is 14.3. The molecule has 0 spiro atoms. The SMILES string of the molecule is COCCOCCCOc1c(C(N)=S)c(C)nn1C. The molecular weight excluding hydrogens is 266 g/mol. The molecule has 0 saturated heterocycles. The summed E-state index contributed by atoms with van der Waals surface area (Å²) in [5.74, 6) is 0.613. The normalized spacial score (nSPS) is 10.7. The average Bonchev–Trinajstić information content (AvgIpc) is 2.63. The number of thiocarbonyl (C=S) groups is 1. The quantitative estimate of drug-likeness (QED) is 0.535. The second kappa shape index (κ2) is 8.08. The Morgan fingerprint density at radius 1 is 1.32 bits per heavy atom. The smallest absolute Gasteiger partial charge is 0.222 e. The minimum Gasteiger partial charge on any atom is -0.477 e. The van der Waals surface area contributed by atoms with Crippen molar-refractivity contribution in [2.24, 2.45) is 12.8 Å². The van der Waals surface area contributed by atoms with Gasteiger partial charge in [0.2, 0.25) is 5.88 Å². The van der Waals surface area contributed by atoms with E-state index in [1.54, 1.807) is 18.8 Å². The number of ether oxygens (including phenoxy) is 3. The molecule has 0 amide bonds. The van der Waals surface area contributed by atoms with Crippen LogP contribution in [-0.2, 0) is 16.5 Å². The Hall–Kier alpha value is -1.18. The molecule has 0 fully saturated rings. The van der Waals surface area contributed by atoms with E-state index < -0.39 is 0 Å². The first kappa shape index (κ1) is 15.9. The van der Waals surface area contributed by atoms with Gasteiger partial charge in [-0.1, -0.05) is 12.2 Å². The van der Waals surface area contributed by atoms with Gasteiger partial charge in [-0.15, -0.1) is 0 Å². The van der Waals surface area contributed by atoms with Crippen LogP contribution in [0.3, 0.4) is 0 Å². The highest BCUT2D eigenvalue weighted by Gasteiger charge is 2.16. The third kappa shape index (κ3) is 4.77. The van der Waals surface area contributed by atoms with Gasteiger partial charge in [-0.2, -0.15) is 5.10 Å². The van der Waals surface area contributed by atoms with Crippen LogP contribution < -0.4 is 10.5 Å². The Balaban J connectivity index is 2.39. The molecule has 6 nitrogen and oxygen atoms in total. The van der Waals surface area contributed by atoms with Crippen LogP contribution >= 0.6 is 12.2 Å². The largest absolute Gasteiger partial charge is 0.477 e. The molecule has 19 heavy (non-hydrogen) atoms. The average molecular weight is 287 g/mol. The zero-order valence-corrected chi connectivity index (χ0v) is 12.5. The summed E-state index contributed by atoms with van der Waals surface area (Å²) >= 11 is 5.01. The van der Waals surface area contributed by atoms with Crippen LogP contribution in [-0.4, -0.2) is 48.3 Å². The molecular formula is C12H21N3O3S. The van der Waals surface area contributed by atoms with E-state index in [0.29, 0.717) is 42.9 Å². The van der Waals surface area contributed by atoms with E-state index in [4.69, 9.17) is 32.2 Å². The van der Waals surface area contributed by atoms with E-state index in [-0.39, 0.29) is 0 Å². The Morgan fingerprint density at radius 3 is 2.68 bits per heavy atom. The van der Waals surface area contributed by atoms with Crippen LogP contribution in [0.1, 0.15) is 17.7 Å². The lowest BCUT2D eigenvalue weighted by Gasteiger charge is -2.08. The molecule has 0 radical (unpaired) electrons. The predicted molar refractivity (Wildman–Crippen MR) is 76.6 cm³/mol. The Morgan fingerprint density at radius 2 is 2.05 bits per heavy atom. The van der Waals surface area contributed by atoms with Gasteiger partial charge in [-0.3, -0.25) is 0 Å². The lowest BCUT2D eigenvalue weighted by atomic mass is 10.2. The minimum atomic E-state index is 0.303. The summed E-state index contributed by atoms with van der Waals surface area (Å²) in [7, 11) is 3.45. The van der Waals surface area contributed by atoms with Crippen molar-refractivity contribution in [1.82, 2.24) is 9.78 Å². The summed E-state index contributed by atoms with van der Waals surface area (Å²) in [6, 6.07) is 0. The lowest BCUT2D eigenvalue weighted by molar-refractivity contribution is 0.0639. The molecule has 0 bridgehead atoms. The maximum absolute atomic E-state index is 5.68. The van der Waals surface area contributed by atoms with Crippen molar-refractivity contribution in [3.8, 4) is 5.88 Å². The molecule has 0 saturated carbocycles. The van der Waals surface area contributed by atoms with Gasteiger partial charge in [-0.25, -0.2) is 4.68 Å². The molecule has 1 aromatic rings. The summed E-state index contributed by atoms with van der Waals surface area (Å²) in [6.45, 7) is 4.21. The summed E-state index contributed by atoms with van der Waals surface area (Å²) < 4.78 is 17.6. The topological polar surface area (TPSA) is 71.5 Å². The zero-order valence-electron chi connectivity index (χ0n) is 11.6. The Labute approximate surface area is 118 Å². The van der Waals surface area contributed by atoms with Crippen molar-refractivity contribution in [3.63, 3.8) is 0 Å². The van der Waals surface area contributed by atoms with Crippen LogP contribution in [0, 0.1) is 6.92 Å². The van der Waals surface area contributed by atoms with Crippen LogP contribution in [0.2, 0.25) is 0 Å². The number of aromatic nitrogens is 2. The standard InChI is InChI=1S/C12H21N3O3S/c1-9-10(11(13)19)12(15(2)14-9)18-6-4-5-17-8-7-16-3/h4-8H2,1-3H3,(H2,13,19). The van der Waals surface area contributed by atoms with Gasteiger partial charge in [0.15, 0.2) is 0 Å². The van der Waals surface area contributed by atoms with E-state index >= 15 is 0 Å².